The van der Waals surface area contributed by atoms with Gasteiger partial charge >= 0.3 is 0 Å². The summed E-state index contributed by atoms with van der Waals surface area (Å²) >= 11 is 1.61. The Morgan fingerprint density at radius 1 is 1.16 bits per heavy atom. The van der Waals surface area contributed by atoms with E-state index in [4.69, 9.17) is 0 Å². The molecule has 3 aromatic rings. The number of nitrogens with zero attached hydrogens (tertiary/aromatic N) is 5. The molecule has 1 aromatic carbocycles. The summed E-state index contributed by atoms with van der Waals surface area (Å²) in [5.41, 5.74) is 2.76. The molecule has 0 aliphatic heterocycles. The van der Waals surface area contributed by atoms with Crippen molar-refractivity contribution < 1.29 is 4.79 Å². The lowest BCUT2D eigenvalue weighted by Gasteiger charge is -2.10. The van der Waals surface area contributed by atoms with Gasteiger partial charge in [-0.15, -0.1) is 10.2 Å². The Morgan fingerprint density at radius 3 is 2.56 bits per heavy atom. The molecule has 0 atom stereocenters. The van der Waals surface area contributed by atoms with Crippen molar-refractivity contribution in [1.29, 1.82) is 0 Å². The second-order valence-electron chi connectivity index (χ2n) is 5.79. The number of carbonyl (C=O) groups is 1. The average molecular weight is 353 g/mol. The van der Waals surface area contributed by atoms with Crippen LogP contribution in [0.3, 0.4) is 0 Å². The van der Waals surface area contributed by atoms with Crippen LogP contribution in [0, 0.1) is 0 Å². The topological polar surface area (TPSA) is 63.9 Å². The second kappa shape index (κ2) is 7.48. The summed E-state index contributed by atoms with van der Waals surface area (Å²) in [5, 5.41) is 9.36. The van der Waals surface area contributed by atoms with Gasteiger partial charge in [0.25, 0.3) is 5.91 Å². The summed E-state index contributed by atoms with van der Waals surface area (Å²) in [6.45, 7) is 0. The van der Waals surface area contributed by atoms with Gasteiger partial charge in [0.15, 0.2) is 11.0 Å². The van der Waals surface area contributed by atoms with Crippen molar-refractivity contribution in [2.75, 3.05) is 14.1 Å². The molecule has 2 heterocycles. The van der Waals surface area contributed by atoms with Crippen LogP contribution in [0.4, 0.5) is 0 Å². The van der Waals surface area contributed by atoms with Gasteiger partial charge in [-0.3, -0.25) is 9.78 Å². The van der Waals surface area contributed by atoms with E-state index in [1.165, 1.54) is 0 Å². The van der Waals surface area contributed by atoms with Crippen LogP contribution in [-0.2, 0) is 12.8 Å². The normalized spacial score (nSPS) is 10.7. The molecule has 0 saturated carbocycles. The lowest BCUT2D eigenvalue weighted by molar-refractivity contribution is 0.0827. The maximum absolute atomic E-state index is 11.9. The largest absolute Gasteiger partial charge is 0.345 e. The fourth-order valence-corrected chi connectivity index (χ4v) is 3.20. The number of hydrogen-bond acceptors (Lipinski definition) is 5. The van der Waals surface area contributed by atoms with E-state index in [-0.39, 0.29) is 5.91 Å². The van der Waals surface area contributed by atoms with Gasteiger partial charge in [-0.25, -0.2) is 0 Å². The van der Waals surface area contributed by atoms with Gasteiger partial charge in [-0.1, -0.05) is 23.9 Å². The number of hydrogen-bond donors (Lipinski definition) is 0. The van der Waals surface area contributed by atoms with Gasteiger partial charge in [0, 0.05) is 50.4 Å². The molecule has 0 saturated heterocycles. The molecule has 0 N–H and O–H groups in total. The molecule has 6 nitrogen and oxygen atoms in total. The van der Waals surface area contributed by atoms with Crippen LogP contribution in [0.2, 0.25) is 0 Å². The van der Waals surface area contributed by atoms with Crippen molar-refractivity contribution in [3.05, 3.63) is 59.9 Å². The number of carbonyl (C=O) groups excluding carboxylic acids is 1. The third-order valence-corrected chi connectivity index (χ3v) is 4.82. The minimum absolute atomic E-state index is 0.00798. The molecule has 25 heavy (non-hydrogen) atoms. The monoisotopic (exact) mass is 353 g/mol. The average Bonchev–Trinajstić information content (AvgIpc) is 3.01. The molecular weight excluding hydrogens is 334 g/mol. The third kappa shape index (κ3) is 3.88. The highest BCUT2D eigenvalue weighted by Gasteiger charge is 2.12. The first-order valence-electron chi connectivity index (χ1n) is 7.79. The summed E-state index contributed by atoms with van der Waals surface area (Å²) in [6.07, 6.45) is 3.51. The van der Waals surface area contributed by atoms with E-state index < -0.39 is 0 Å². The minimum Gasteiger partial charge on any atom is -0.345 e. The summed E-state index contributed by atoms with van der Waals surface area (Å²) in [7, 11) is 5.45. The van der Waals surface area contributed by atoms with Crippen LogP contribution < -0.4 is 0 Å². The Balaban J connectivity index is 1.68. The summed E-state index contributed by atoms with van der Waals surface area (Å²) in [4.78, 5) is 17.6. The Labute approximate surface area is 150 Å². The van der Waals surface area contributed by atoms with Crippen LogP contribution in [0.15, 0.2) is 53.9 Å². The van der Waals surface area contributed by atoms with E-state index in [1.54, 1.807) is 43.2 Å². The molecule has 0 fully saturated rings. The van der Waals surface area contributed by atoms with Gasteiger partial charge in [0.2, 0.25) is 0 Å². The SMILES string of the molecule is CN(C)C(=O)c1ccc(CSc2nnc(-c3cccnc3)n2C)cc1. The van der Waals surface area contributed by atoms with Crippen LogP contribution in [0.25, 0.3) is 11.4 Å². The van der Waals surface area contributed by atoms with Crippen molar-refractivity contribution in [2.24, 2.45) is 7.05 Å². The van der Waals surface area contributed by atoms with Crippen LogP contribution >= 0.6 is 11.8 Å². The number of thioether (sulfide) groups is 1. The summed E-state index contributed by atoms with van der Waals surface area (Å²) in [6, 6.07) is 11.5. The van der Waals surface area contributed by atoms with Crippen LogP contribution in [0.1, 0.15) is 15.9 Å². The van der Waals surface area contributed by atoms with Crippen molar-refractivity contribution in [3.63, 3.8) is 0 Å². The molecule has 2 aromatic heterocycles. The lowest BCUT2D eigenvalue weighted by Crippen LogP contribution is -2.21. The van der Waals surface area contributed by atoms with E-state index >= 15 is 0 Å². The predicted molar refractivity (Wildman–Crippen MR) is 98.3 cm³/mol. The van der Waals surface area contributed by atoms with Crippen molar-refractivity contribution in [3.8, 4) is 11.4 Å². The Bertz CT molecular complexity index is 859. The first-order chi connectivity index (χ1) is 12.1. The molecule has 0 unspecified atom stereocenters. The maximum atomic E-state index is 11.9. The third-order valence-electron chi connectivity index (χ3n) is 3.73. The zero-order valence-electron chi connectivity index (χ0n) is 14.4. The fraction of sp³-hybridized carbons (Fsp3) is 0.222. The first-order valence-corrected chi connectivity index (χ1v) is 8.78. The summed E-state index contributed by atoms with van der Waals surface area (Å²) < 4.78 is 1.96. The minimum atomic E-state index is 0.00798. The zero-order chi connectivity index (χ0) is 17.8. The molecule has 128 valence electrons. The number of benzene rings is 1. The second-order valence-corrected chi connectivity index (χ2v) is 6.73. The van der Waals surface area contributed by atoms with Gasteiger partial charge < -0.3 is 9.47 Å². The first kappa shape index (κ1) is 17.2. The van der Waals surface area contributed by atoms with E-state index in [0.29, 0.717) is 5.56 Å². The quantitative estimate of drug-likeness (QED) is 0.660. The summed E-state index contributed by atoms with van der Waals surface area (Å²) in [5.74, 6) is 1.56. The number of aromatic nitrogens is 4. The standard InChI is InChI=1S/C18H19N5OS/c1-22(2)17(24)14-8-6-13(7-9-14)12-25-18-21-20-16(23(18)3)15-5-4-10-19-11-15/h4-11H,12H2,1-3H3. The Morgan fingerprint density at radius 2 is 1.92 bits per heavy atom. The molecule has 7 heteroatoms. The van der Waals surface area contributed by atoms with Crippen LogP contribution in [-0.4, -0.2) is 44.7 Å². The molecule has 1 amide bonds. The highest BCUT2D eigenvalue weighted by molar-refractivity contribution is 7.98. The van der Waals surface area contributed by atoms with Gasteiger partial charge in [-0.05, 0) is 29.8 Å². The molecule has 0 spiro atoms. The van der Waals surface area contributed by atoms with Gasteiger partial charge in [0.1, 0.15) is 0 Å². The van der Waals surface area contributed by atoms with Crippen molar-refractivity contribution >= 4 is 17.7 Å². The molecule has 0 radical (unpaired) electrons. The molecular formula is C18H19N5OS. The molecule has 3 rings (SSSR count). The van der Waals surface area contributed by atoms with Gasteiger partial charge in [-0.2, -0.15) is 0 Å². The molecule has 0 aliphatic carbocycles. The van der Waals surface area contributed by atoms with Crippen molar-refractivity contribution in [2.45, 2.75) is 10.9 Å². The van der Waals surface area contributed by atoms with E-state index in [0.717, 1.165) is 27.9 Å². The van der Waals surface area contributed by atoms with Crippen molar-refractivity contribution in [1.82, 2.24) is 24.6 Å². The Kier molecular flexibility index (Phi) is 5.14. The molecule has 0 bridgehead atoms. The lowest BCUT2D eigenvalue weighted by atomic mass is 10.1. The van der Waals surface area contributed by atoms with E-state index in [1.807, 2.05) is 48.0 Å². The smallest absolute Gasteiger partial charge is 0.253 e. The van der Waals surface area contributed by atoms with E-state index in [2.05, 4.69) is 15.2 Å². The highest BCUT2D eigenvalue weighted by atomic mass is 32.2. The highest BCUT2D eigenvalue weighted by Crippen LogP contribution is 2.25. The number of pyridine rings is 1. The maximum Gasteiger partial charge on any atom is 0.253 e. The number of amides is 1. The molecule has 0 aliphatic rings. The Hall–Kier alpha value is -2.67. The van der Waals surface area contributed by atoms with Gasteiger partial charge in [0.05, 0.1) is 0 Å². The fourth-order valence-electron chi connectivity index (χ4n) is 2.34. The van der Waals surface area contributed by atoms with Crippen LogP contribution in [0.5, 0.6) is 0 Å². The number of rotatable bonds is 5. The predicted octanol–water partition coefficient (Wildman–Crippen LogP) is 2.87. The zero-order valence-corrected chi connectivity index (χ0v) is 15.2. The van der Waals surface area contributed by atoms with E-state index in [9.17, 15) is 4.79 Å².